The Morgan fingerprint density at radius 2 is 2.12 bits per heavy atom. The van der Waals surface area contributed by atoms with E-state index in [4.69, 9.17) is 11.0 Å². The van der Waals surface area contributed by atoms with Gasteiger partial charge in [-0.25, -0.2) is 0 Å². The van der Waals surface area contributed by atoms with Crippen LogP contribution in [0.2, 0.25) is 0 Å². The third-order valence-electron chi connectivity index (χ3n) is 2.55. The highest BCUT2D eigenvalue weighted by Gasteiger charge is 2.17. The van der Waals surface area contributed by atoms with E-state index in [1.54, 1.807) is 7.05 Å². The summed E-state index contributed by atoms with van der Waals surface area (Å²) < 4.78 is 0. The van der Waals surface area contributed by atoms with Gasteiger partial charge in [0.05, 0.1) is 18.5 Å². The van der Waals surface area contributed by atoms with Gasteiger partial charge in [-0.05, 0) is 12.0 Å². The van der Waals surface area contributed by atoms with Crippen LogP contribution in [0.1, 0.15) is 12.0 Å². The highest BCUT2D eigenvalue weighted by Crippen LogP contribution is 2.03. The third kappa shape index (κ3) is 4.25. The van der Waals surface area contributed by atoms with Gasteiger partial charge in [0.2, 0.25) is 5.91 Å². The minimum absolute atomic E-state index is 0.121. The quantitative estimate of drug-likeness (QED) is 0.819. The van der Waals surface area contributed by atoms with E-state index in [1.807, 2.05) is 36.4 Å². The molecular formula is C13H17N3O. The molecule has 1 aromatic carbocycles. The number of likely N-dealkylation sites (N-methyl/N-ethyl adjacent to an activating group) is 1. The van der Waals surface area contributed by atoms with E-state index >= 15 is 0 Å². The van der Waals surface area contributed by atoms with Gasteiger partial charge >= 0.3 is 0 Å². The lowest BCUT2D eigenvalue weighted by atomic mass is 10.1. The number of nitriles is 1. The molecule has 0 heterocycles. The molecule has 90 valence electrons. The monoisotopic (exact) mass is 231 g/mol. The maximum atomic E-state index is 11.8. The number of benzene rings is 1. The predicted molar refractivity (Wildman–Crippen MR) is 66.0 cm³/mol. The first-order valence-electron chi connectivity index (χ1n) is 5.56. The lowest BCUT2D eigenvalue weighted by molar-refractivity contribution is -0.131. The SMILES string of the molecule is CN(CCC#N)C(=O)[C@@H](N)Cc1ccccc1. The van der Waals surface area contributed by atoms with Crippen LogP contribution in [-0.4, -0.2) is 30.4 Å². The normalized spacial score (nSPS) is 11.6. The molecule has 0 saturated heterocycles. The van der Waals surface area contributed by atoms with Crippen LogP contribution in [-0.2, 0) is 11.2 Å². The summed E-state index contributed by atoms with van der Waals surface area (Å²) in [6.07, 6.45) is 0.858. The van der Waals surface area contributed by atoms with Gasteiger partial charge in [-0.3, -0.25) is 4.79 Å². The zero-order chi connectivity index (χ0) is 12.7. The Labute approximate surface area is 102 Å². The molecule has 0 saturated carbocycles. The number of hydrogen-bond donors (Lipinski definition) is 1. The number of hydrogen-bond acceptors (Lipinski definition) is 3. The third-order valence-corrected chi connectivity index (χ3v) is 2.55. The lowest BCUT2D eigenvalue weighted by Gasteiger charge is -2.20. The molecule has 17 heavy (non-hydrogen) atoms. The van der Waals surface area contributed by atoms with Gasteiger partial charge < -0.3 is 10.6 Å². The van der Waals surface area contributed by atoms with Crippen LogP contribution < -0.4 is 5.73 Å². The highest BCUT2D eigenvalue weighted by atomic mass is 16.2. The van der Waals surface area contributed by atoms with Gasteiger partial charge in [0.1, 0.15) is 0 Å². The molecule has 0 aliphatic rings. The maximum absolute atomic E-state index is 11.8. The van der Waals surface area contributed by atoms with Gasteiger partial charge in [-0.15, -0.1) is 0 Å². The average molecular weight is 231 g/mol. The molecule has 1 aromatic rings. The second-order valence-corrected chi connectivity index (χ2v) is 3.96. The first kappa shape index (κ1) is 13.2. The van der Waals surface area contributed by atoms with Crippen molar-refractivity contribution in [2.24, 2.45) is 5.73 Å². The van der Waals surface area contributed by atoms with Crippen molar-refractivity contribution in [1.82, 2.24) is 4.90 Å². The van der Waals surface area contributed by atoms with Crippen molar-refractivity contribution < 1.29 is 4.79 Å². The van der Waals surface area contributed by atoms with E-state index in [0.717, 1.165) is 5.56 Å². The molecule has 0 aliphatic carbocycles. The molecule has 2 N–H and O–H groups in total. The van der Waals surface area contributed by atoms with Crippen molar-refractivity contribution in [1.29, 1.82) is 5.26 Å². The molecule has 4 nitrogen and oxygen atoms in total. The highest BCUT2D eigenvalue weighted by molar-refractivity contribution is 5.81. The number of nitrogens with two attached hydrogens (primary N) is 1. The smallest absolute Gasteiger partial charge is 0.239 e. The number of nitrogens with zero attached hydrogens (tertiary/aromatic N) is 2. The van der Waals surface area contributed by atoms with Crippen molar-refractivity contribution in [3.05, 3.63) is 35.9 Å². The van der Waals surface area contributed by atoms with Gasteiger partial charge in [0.25, 0.3) is 0 Å². The standard InChI is InChI=1S/C13H17N3O/c1-16(9-5-8-14)13(17)12(15)10-11-6-3-2-4-7-11/h2-4,6-7,12H,5,9-10,15H2,1H3/t12-/m0/s1. The Bertz CT molecular complexity index is 397. The van der Waals surface area contributed by atoms with Crippen LogP contribution in [0.5, 0.6) is 0 Å². The summed E-state index contributed by atoms with van der Waals surface area (Å²) in [5, 5.41) is 8.45. The Hall–Kier alpha value is -1.86. The number of carbonyl (C=O) groups is 1. The Kier molecular flexibility index (Phi) is 5.18. The van der Waals surface area contributed by atoms with Crippen molar-refractivity contribution in [3.8, 4) is 6.07 Å². The summed E-state index contributed by atoms with van der Waals surface area (Å²) >= 11 is 0. The molecule has 0 fully saturated rings. The van der Waals surface area contributed by atoms with Crippen molar-refractivity contribution >= 4 is 5.91 Å². The van der Waals surface area contributed by atoms with E-state index in [2.05, 4.69) is 0 Å². The topological polar surface area (TPSA) is 70.1 Å². The summed E-state index contributed by atoms with van der Waals surface area (Å²) in [5.74, 6) is -0.121. The van der Waals surface area contributed by atoms with E-state index in [0.29, 0.717) is 19.4 Å². The Morgan fingerprint density at radius 1 is 1.47 bits per heavy atom. The fourth-order valence-corrected chi connectivity index (χ4v) is 1.57. The molecule has 1 atom stereocenters. The van der Waals surface area contributed by atoms with Gasteiger partial charge in [0, 0.05) is 13.6 Å². The Morgan fingerprint density at radius 3 is 2.71 bits per heavy atom. The van der Waals surface area contributed by atoms with Crippen LogP contribution in [0, 0.1) is 11.3 Å². The summed E-state index contributed by atoms with van der Waals surface area (Å²) in [4.78, 5) is 13.4. The lowest BCUT2D eigenvalue weighted by Crippen LogP contribution is -2.43. The number of rotatable bonds is 5. The average Bonchev–Trinajstić information content (AvgIpc) is 2.36. The van der Waals surface area contributed by atoms with E-state index in [-0.39, 0.29) is 5.91 Å². The summed E-state index contributed by atoms with van der Waals surface area (Å²) in [6.45, 7) is 0.428. The van der Waals surface area contributed by atoms with E-state index in [9.17, 15) is 4.79 Å². The minimum Gasteiger partial charge on any atom is -0.343 e. The van der Waals surface area contributed by atoms with E-state index < -0.39 is 6.04 Å². The summed E-state index contributed by atoms with van der Waals surface area (Å²) in [7, 11) is 1.67. The largest absolute Gasteiger partial charge is 0.343 e. The predicted octanol–water partition coefficient (Wildman–Crippen LogP) is 0.928. The van der Waals surface area contributed by atoms with Gasteiger partial charge in [-0.2, -0.15) is 5.26 Å². The first-order chi connectivity index (χ1) is 8.15. The number of amides is 1. The van der Waals surface area contributed by atoms with Crippen molar-refractivity contribution in [2.75, 3.05) is 13.6 Å². The zero-order valence-electron chi connectivity index (χ0n) is 9.97. The molecule has 0 spiro atoms. The molecule has 0 aliphatic heterocycles. The Balaban J connectivity index is 2.50. The summed E-state index contributed by atoms with van der Waals surface area (Å²) in [5.41, 5.74) is 6.89. The van der Waals surface area contributed by atoms with Crippen LogP contribution >= 0.6 is 0 Å². The van der Waals surface area contributed by atoms with E-state index in [1.165, 1.54) is 4.90 Å². The van der Waals surface area contributed by atoms with Crippen molar-refractivity contribution in [2.45, 2.75) is 18.9 Å². The van der Waals surface area contributed by atoms with Gasteiger partial charge in [-0.1, -0.05) is 30.3 Å². The molecule has 1 amide bonds. The van der Waals surface area contributed by atoms with Crippen LogP contribution in [0.15, 0.2) is 30.3 Å². The molecular weight excluding hydrogens is 214 g/mol. The second kappa shape index (κ2) is 6.66. The molecule has 1 rings (SSSR count). The molecule has 4 heteroatoms. The second-order valence-electron chi connectivity index (χ2n) is 3.96. The fraction of sp³-hybridized carbons (Fsp3) is 0.385. The van der Waals surface area contributed by atoms with Crippen molar-refractivity contribution in [3.63, 3.8) is 0 Å². The molecule has 0 aromatic heterocycles. The maximum Gasteiger partial charge on any atom is 0.239 e. The number of carbonyl (C=O) groups excluding carboxylic acids is 1. The minimum atomic E-state index is -0.541. The van der Waals surface area contributed by atoms with Gasteiger partial charge in [0.15, 0.2) is 0 Å². The fourth-order valence-electron chi connectivity index (χ4n) is 1.57. The summed E-state index contributed by atoms with van der Waals surface area (Å²) in [6, 6.07) is 11.1. The van der Waals surface area contributed by atoms with Crippen LogP contribution in [0.4, 0.5) is 0 Å². The zero-order valence-corrected chi connectivity index (χ0v) is 9.97. The molecule has 0 radical (unpaired) electrons. The van der Waals surface area contributed by atoms with Crippen LogP contribution in [0.25, 0.3) is 0 Å². The van der Waals surface area contributed by atoms with Crippen LogP contribution in [0.3, 0.4) is 0 Å². The molecule has 0 unspecified atom stereocenters. The molecule has 0 bridgehead atoms. The first-order valence-corrected chi connectivity index (χ1v) is 5.56.